The van der Waals surface area contributed by atoms with E-state index in [1.807, 2.05) is 6.07 Å². The third kappa shape index (κ3) is 5.94. The monoisotopic (exact) mass is 364 g/mol. The molecule has 1 amide bonds. The molecule has 0 bridgehead atoms. The lowest BCUT2D eigenvalue weighted by Crippen LogP contribution is -2.51. The predicted molar refractivity (Wildman–Crippen MR) is 91.7 cm³/mol. The van der Waals surface area contributed by atoms with Crippen LogP contribution in [0.15, 0.2) is 18.2 Å². The molecule has 2 atom stereocenters. The molecule has 0 unspecified atom stereocenters. The number of rotatable bonds is 6. The first kappa shape index (κ1) is 20.7. The maximum Gasteiger partial charge on any atom is 0.408 e. The highest BCUT2D eigenvalue weighted by atomic mass is 16.6. The SMILES string of the molecule is C[C@H](Nc1cc(C#N)ccc1[N+](=O)[O-])[C@H](NC(=O)OC(C)(C)C)C(=O)O. The van der Waals surface area contributed by atoms with Crippen LogP contribution in [0.3, 0.4) is 0 Å². The van der Waals surface area contributed by atoms with E-state index in [0.29, 0.717) is 0 Å². The number of nitro groups is 1. The van der Waals surface area contributed by atoms with E-state index in [1.165, 1.54) is 19.1 Å². The summed E-state index contributed by atoms with van der Waals surface area (Å²) >= 11 is 0. The minimum absolute atomic E-state index is 0.0289. The van der Waals surface area contributed by atoms with Gasteiger partial charge in [-0.25, -0.2) is 9.59 Å². The van der Waals surface area contributed by atoms with Gasteiger partial charge in [-0.05, 0) is 39.8 Å². The van der Waals surface area contributed by atoms with Crippen molar-refractivity contribution in [3.05, 3.63) is 33.9 Å². The molecule has 0 radical (unpaired) electrons. The van der Waals surface area contributed by atoms with Gasteiger partial charge in [0.1, 0.15) is 17.3 Å². The number of ether oxygens (including phenoxy) is 1. The maximum absolute atomic E-state index is 11.8. The number of nitrogens with zero attached hydrogens (tertiary/aromatic N) is 2. The number of nitro benzene ring substituents is 1. The Morgan fingerprint density at radius 2 is 2.00 bits per heavy atom. The fourth-order valence-electron chi connectivity index (χ4n) is 2.04. The average molecular weight is 364 g/mol. The smallest absolute Gasteiger partial charge is 0.408 e. The van der Waals surface area contributed by atoms with Crippen LogP contribution in [0.25, 0.3) is 0 Å². The number of hydrogen-bond acceptors (Lipinski definition) is 7. The number of carboxylic acid groups (broad SMARTS) is 1. The Labute approximate surface area is 149 Å². The number of amides is 1. The zero-order valence-electron chi connectivity index (χ0n) is 14.8. The van der Waals surface area contributed by atoms with Crippen molar-refractivity contribution in [2.45, 2.75) is 45.4 Å². The Morgan fingerprint density at radius 3 is 2.46 bits per heavy atom. The molecule has 1 aromatic rings. The molecule has 0 heterocycles. The van der Waals surface area contributed by atoms with E-state index in [4.69, 9.17) is 10.00 Å². The molecule has 0 aliphatic carbocycles. The molecule has 3 N–H and O–H groups in total. The molecule has 0 fully saturated rings. The van der Waals surface area contributed by atoms with E-state index >= 15 is 0 Å². The van der Waals surface area contributed by atoms with E-state index in [-0.39, 0.29) is 16.9 Å². The van der Waals surface area contributed by atoms with Crippen molar-refractivity contribution in [3.63, 3.8) is 0 Å². The van der Waals surface area contributed by atoms with Gasteiger partial charge in [0.05, 0.1) is 22.6 Å². The summed E-state index contributed by atoms with van der Waals surface area (Å²) in [4.78, 5) is 33.8. The molecule has 0 aliphatic heterocycles. The number of aliphatic carboxylic acids is 1. The summed E-state index contributed by atoms with van der Waals surface area (Å²) in [5.74, 6) is -1.35. The average Bonchev–Trinajstić information content (AvgIpc) is 2.50. The first-order valence-corrected chi connectivity index (χ1v) is 7.62. The topological polar surface area (TPSA) is 155 Å². The van der Waals surface area contributed by atoms with Gasteiger partial charge in [-0.2, -0.15) is 5.26 Å². The number of nitrogens with one attached hydrogen (secondary N) is 2. The predicted octanol–water partition coefficient (Wildman–Crippen LogP) is 2.24. The van der Waals surface area contributed by atoms with Crippen LogP contribution in [0.4, 0.5) is 16.2 Å². The minimum Gasteiger partial charge on any atom is -0.480 e. The molecule has 0 aromatic heterocycles. The van der Waals surface area contributed by atoms with Crippen molar-refractivity contribution in [2.75, 3.05) is 5.32 Å². The largest absolute Gasteiger partial charge is 0.480 e. The Kier molecular flexibility index (Phi) is 6.49. The summed E-state index contributed by atoms with van der Waals surface area (Å²) < 4.78 is 5.02. The Hall–Kier alpha value is -3.35. The van der Waals surface area contributed by atoms with Crippen LogP contribution >= 0.6 is 0 Å². The first-order valence-electron chi connectivity index (χ1n) is 7.62. The number of carbonyl (C=O) groups is 2. The molecule has 0 spiro atoms. The van der Waals surface area contributed by atoms with Crippen LogP contribution in [0, 0.1) is 21.4 Å². The summed E-state index contributed by atoms with van der Waals surface area (Å²) in [5, 5.41) is 34.3. The van der Waals surface area contributed by atoms with Gasteiger partial charge >= 0.3 is 12.1 Å². The van der Waals surface area contributed by atoms with Gasteiger partial charge in [0.2, 0.25) is 0 Å². The summed E-state index contributed by atoms with van der Waals surface area (Å²) in [7, 11) is 0. The standard InChI is InChI=1S/C16H20N4O6/c1-9(13(14(21)22)19-15(23)26-16(2,3)4)18-11-7-10(8-17)5-6-12(11)20(24)25/h5-7,9,13,18H,1-4H3,(H,19,23)(H,21,22)/t9-,13-/m0/s1. The van der Waals surface area contributed by atoms with Crippen LogP contribution in [-0.2, 0) is 9.53 Å². The van der Waals surface area contributed by atoms with Gasteiger partial charge in [-0.1, -0.05) is 0 Å². The summed E-state index contributed by atoms with van der Waals surface area (Å²) in [6, 6.07) is 3.15. The lowest BCUT2D eigenvalue weighted by molar-refractivity contribution is -0.384. The zero-order valence-corrected chi connectivity index (χ0v) is 14.8. The second kappa shape index (κ2) is 8.15. The number of carboxylic acids is 1. The summed E-state index contributed by atoms with van der Waals surface area (Å²) in [6.45, 7) is 6.31. The van der Waals surface area contributed by atoms with Crippen molar-refractivity contribution in [1.29, 1.82) is 5.26 Å². The van der Waals surface area contributed by atoms with Crippen LogP contribution in [0.1, 0.15) is 33.3 Å². The van der Waals surface area contributed by atoms with Crippen molar-refractivity contribution in [3.8, 4) is 6.07 Å². The zero-order chi connectivity index (χ0) is 20.1. The third-order valence-corrected chi connectivity index (χ3v) is 3.14. The van der Waals surface area contributed by atoms with Gasteiger partial charge < -0.3 is 20.5 Å². The minimum atomic E-state index is -1.42. The summed E-state index contributed by atoms with van der Waals surface area (Å²) in [6.07, 6.45) is -0.932. The van der Waals surface area contributed by atoms with Crippen molar-refractivity contribution < 1.29 is 24.4 Å². The molecule has 26 heavy (non-hydrogen) atoms. The number of benzene rings is 1. The van der Waals surface area contributed by atoms with E-state index in [1.54, 1.807) is 20.8 Å². The molecule has 1 aromatic carbocycles. The molecule has 10 nitrogen and oxygen atoms in total. The number of nitriles is 1. The molecular formula is C16H20N4O6. The van der Waals surface area contributed by atoms with Crippen LogP contribution in [0.2, 0.25) is 0 Å². The van der Waals surface area contributed by atoms with Gasteiger partial charge in [0, 0.05) is 6.07 Å². The number of hydrogen-bond donors (Lipinski definition) is 3. The Morgan fingerprint density at radius 1 is 1.38 bits per heavy atom. The van der Waals surface area contributed by atoms with Crippen LogP contribution in [-0.4, -0.2) is 39.8 Å². The highest BCUT2D eigenvalue weighted by Crippen LogP contribution is 2.26. The number of alkyl carbamates (subject to hydrolysis) is 1. The van der Waals surface area contributed by atoms with E-state index in [0.717, 1.165) is 6.07 Å². The lowest BCUT2D eigenvalue weighted by atomic mass is 10.1. The van der Waals surface area contributed by atoms with Gasteiger partial charge in [-0.15, -0.1) is 0 Å². The molecule has 0 saturated carbocycles. The van der Waals surface area contributed by atoms with Crippen LogP contribution in [0.5, 0.6) is 0 Å². The Bertz CT molecular complexity index is 750. The third-order valence-electron chi connectivity index (χ3n) is 3.14. The fourth-order valence-corrected chi connectivity index (χ4v) is 2.04. The normalized spacial score (nSPS) is 13.0. The first-order chi connectivity index (χ1) is 11.9. The Balaban J connectivity index is 3.03. The fraction of sp³-hybridized carbons (Fsp3) is 0.438. The van der Waals surface area contributed by atoms with Gasteiger partial charge in [-0.3, -0.25) is 10.1 Å². The van der Waals surface area contributed by atoms with E-state index in [2.05, 4.69) is 10.6 Å². The van der Waals surface area contributed by atoms with Crippen molar-refractivity contribution in [1.82, 2.24) is 5.32 Å². The number of carbonyl (C=O) groups excluding carboxylic acids is 1. The number of anilines is 1. The lowest BCUT2D eigenvalue weighted by Gasteiger charge is -2.26. The van der Waals surface area contributed by atoms with Crippen LogP contribution < -0.4 is 10.6 Å². The van der Waals surface area contributed by atoms with Crippen molar-refractivity contribution >= 4 is 23.4 Å². The summed E-state index contributed by atoms with van der Waals surface area (Å²) in [5.41, 5.74) is -1.00. The molecular weight excluding hydrogens is 344 g/mol. The van der Waals surface area contributed by atoms with E-state index < -0.39 is 34.7 Å². The molecule has 140 valence electrons. The second-order valence-corrected chi connectivity index (χ2v) is 6.50. The molecule has 1 rings (SSSR count). The van der Waals surface area contributed by atoms with E-state index in [9.17, 15) is 24.8 Å². The van der Waals surface area contributed by atoms with Gasteiger partial charge in [0.25, 0.3) is 5.69 Å². The molecule has 0 saturated heterocycles. The second-order valence-electron chi connectivity index (χ2n) is 6.50. The quantitative estimate of drug-likeness (QED) is 0.513. The molecule has 0 aliphatic rings. The highest BCUT2D eigenvalue weighted by molar-refractivity contribution is 5.81. The highest BCUT2D eigenvalue weighted by Gasteiger charge is 2.30. The van der Waals surface area contributed by atoms with Crippen molar-refractivity contribution in [2.24, 2.45) is 0 Å². The maximum atomic E-state index is 11.8. The molecule has 10 heteroatoms. The van der Waals surface area contributed by atoms with Gasteiger partial charge in [0.15, 0.2) is 0 Å².